The highest BCUT2D eigenvalue weighted by Crippen LogP contribution is 2.24. The van der Waals surface area contributed by atoms with Gasteiger partial charge in [-0.05, 0) is 26.3 Å². The van der Waals surface area contributed by atoms with E-state index in [0.717, 1.165) is 5.56 Å². The molecule has 0 spiro atoms. The lowest BCUT2D eigenvalue weighted by molar-refractivity contribution is 0.0759. The van der Waals surface area contributed by atoms with Crippen molar-refractivity contribution in [1.82, 2.24) is 14.9 Å². The van der Waals surface area contributed by atoms with Gasteiger partial charge >= 0.3 is 0 Å². The van der Waals surface area contributed by atoms with Gasteiger partial charge in [0.15, 0.2) is 5.69 Å². The Morgan fingerprint density at radius 1 is 1.17 bits per heavy atom. The van der Waals surface area contributed by atoms with E-state index in [9.17, 15) is 9.59 Å². The molecule has 0 aliphatic carbocycles. The van der Waals surface area contributed by atoms with Crippen molar-refractivity contribution in [3.8, 4) is 0 Å². The van der Waals surface area contributed by atoms with Gasteiger partial charge in [0.05, 0.1) is 5.69 Å². The topological polar surface area (TPSA) is 66.1 Å². The number of hydrogen-bond donors (Lipinski definition) is 1. The largest absolute Gasteiger partial charge is 0.339 e. The first-order valence-electron chi connectivity index (χ1n) is 8.02. The fourth-order valence-corrected chi connectivity index (χ4v) is 2.71. The van der Waals surface area contributed by atoms with Crippen molar-refractivity contribution >= 4 is 5.91 Å². The fraction of sp³-hybridized carbons (Fsp3) is 0.421. The zero-order valence-corrected chi connectivity index (χ0v) is 15.2. The van der Waals surface area contributed by atoms with Gasteiger partial charge in [-0.1, -0.05) is 43.7 Å². The molecule has 1 amide bonds. The molecule has 1 aromatic carbocycles. The SMILES string of the molecule is Cc1ccc(C(C)(C)CN(C)C(=O)c2nc(C)c(C)[nH]c2=O)cc1. The summed E-state index contributed by atoms with van der Waals surface area (Å²) >= 11 is 0. The molecule has 128 valence electrons. The molecule has 1 heterocycles. The molecule has 2 rings (SSSR count). The summed E-state index contributed by atoms with van der Waals surface area (Å²) in [6.07, 6.45) is 0. The van der Waals surface area contributed by atoms with Crippen LogP contribution >= 0.6 is 0 Å². The summed E-state index contributed by atoms with van der Waals surface area (Å²) in [6, 6.07) is 8.28. The van der Waals surface area contributed by atoms with Gasteiger partial charge in [-0.15, -0.1) is 0 Å². The highest BCUT2D eigenvalue weighted by Gasteiger charge is 2.27. The maximum atomic E-state index is 12.6. The highest BCUT2D eigenvalue weighted by molar-refractivity contribution is 5.91. The van der Waals surface area contributed by atoms with Crippen LogP contribution in [0.3, 0.4) is 0 Å². The summed E-state index contributed by atoms with van der Waals surface area (Å²) in [7, 11) is 1.70. The number of nitrogens with one attached hydrogen (secondary N) is 1. The number of aryl methyl sites for hydroxylation is 3. The number of rotatable bonds is 4. The number of H-pyrrole nitrogens is 1. The molecule has 1 aromatic heterocycles. The van der Waals surface area contributed by atoms with Gasteiger partial charge in [0.25, 0.3) is 11.5 Å². The third-order valence-corrected chi connectivity index (χ3v) is 4.35. The van der Waals surface area contributed by atoms with Crippen LogP contribution in [0, 0.1) is 20.8 Å². The molecule has 5 nitrogen and oxygen atoms in total. The van der Waals surface area contributed by atoms with Crippen molar-refractivity contribution in [1.29, 1.82) is 0 Å². The van der Waals surface area contributed by atoms with Crippen LogP contribution in [-0.2, 0) is 5.41 Å². The van der Waals surface area contributed by atoms with E-state index >= 15 is 0 Å². The minimum absolute atomic E-state index is 0.0553. The normalized spacial score (nSPS) is 11.4. The van der Waals surface area contributed by atoms with Gasteiger partial charge < -0.3 is 9.88 Å². The number of aromatic amines is 1. The number of benzene rings is 1. The predicted molar refractivity (Wildman–Crippen MR) is 95.5 cm³/mol. The van der Waals surface area contributed by atoms with E-state index in [-0.39, 0.29) is 17.0 Å². The molecule has 2 aromatic rings. The standard InChI is InChI=1S/C19H25N3O2/c1-12-7-9-15(10-8-12)19(4,5)11-22(6)18(24)16-17(23)21-14(3)13(2)20-16/h7-10H,11H2,1-6H3,(H,21,23). The average molecular weight is 327 g/mol. The van der Waals surface area contributed by atoms with E-state index in [1.54, 1.807) is 25.8 Å². The molecule has 0 aliphatic rings. The number of carbonyl (C=O) groups is 1. The lowest BCUT2D eigenvalue weighted by Crippen LogP contribution is -2.41. The van der Waals surface area contributed by atoms with E-state index < -0.39 is 5.56 Å². The molecule has 0 unspecified atom stereocenters. The molecular weight excluding hydrogens is 302 g/mol. The van der Waals surface area contributed by atoms with Crippen molar-refractivity contribution in [3.63, 3.8) is 0 Å². The van der Waals surface area contributed by atoms with Crippen molar-refractivity contribution in [2.75, 3.05) is 13.6 Å². The molecule has 0 atom stereocenters. The Balaban J connectivity index is 2.24. The van der Waals surface area contributed by atoms with E-state index in [1.165, 1.54) is 5.56 Å². The van der Waals surface area contributed by atoms with Crippen LogP contribution in [0.2, 0.25) is 0 Å². The van der Waals surface area contributed by atoms with Gasteiger partial charge in [-0.2, -0.15) is 0 Å². The smallest absolute Gasteiger partial charge is 0.279 e. The third-order valence-electron chi connectivity index (χ3n) is 4.35. The summed E-state index contributed by atoms with van der Waals surface area (Å²) in [6.45, 7) is 10.2. The zero-order valence-electron chi connectivity index (χ0n) is 15.2. The Bertz CT molecular complexity index is 804. The van der Waals surface area contributed by atoms with E-state index in [0.29, 0.717) is 17.9 Å². The fourth-order valence-electron chi connectivity index (χ4n) is 2.71. The minimum Gasteiger partial charge on any atom is -0.339 e. The summed E-state index contributed by atoms with van der Waals surface area (Å²) in [4.78, 5) is 33.1. The van der Waals surface area contributed by atoms with Gasteiger partial charge in [0.2, 0.25) is 0 Å². The second kappa shape index (κ2) is 6.59. The Morgan fingerprint density at radius 2 is 1.75 bits per heavy atom. The number of nitrogens with zero attached hydrogens (tertiary/aromatic N) is 2. The number of carbonyl (C=O) groups excluding carboxylic acids is 1. The Labute approximate surface area is 142 Å². The molecular formula is C19H25N3O2. The predicted octanol–water partition coefficient (Wildman–Crippen LogP) is 2.74. The van der Waals surface area contributed by atoms with Crippen molar-refractivity contribution < 1.29 is 4.79 Å². The highest BCUT2D eigenvalue weighted by atomic mass is 16.2. The van der Waals surface area contributed by atoms with Crippen LogP contribution in [0.1, 0.15) is 46.9 Å². The molecule has 0 saturated carbocycles. The van der Waals surface area contributed by atoms with Gasteiger partial charge in [0, 0.05) is 24.7 Å². The maximum absolute atomic E-state index is 12.6. The summed E-state index contributed by atoms with van der Waals surface area (Å²) in [5, 5.41) is 0. The number of aromatic nitrogens is 2. The average Bonchev–Trinajstić information content (AvgIpc) is 2.50. The Hall–Kier alpha value is -2.43. The molecule has 0 saturated heterocycles. The van der Waals surface area contributed by atoms with Crippen LogP contribution in [0.5, 0.6) is 0 Å². The van der Waals surface area contributed by atoms with Gasteiger partial charge in [-0.3, -0.25) is 9.59 Å². The van der Waals surface area contributed by atoms with Gasteiger partial charge in [-0.25, -0.2) is 4.98 Å². The van der Waals surface area contributed by atoms with Crippen molar-refractivity contribution in [3.05, 3.63) is 62.8 Å². The maximum Gasteiger partial charge on any atom is 0.279 e. The van der Waals surface area contributed by atoms with Crippen LogP contribution in [0.4, 0.5) is 0 Å². The lowest BCUT2D eigenvalue weighted by Gasteiger charge is -2.30. The summed E-state index contributed by atoms with van der Waals surface area (Å²) < 4.78 is 0. The summed E-state index contributed by atoms with van der Waals surface area (Å²) in [5.41, 5.74) is 2.95. The molecule has 24 heavy (non-hydrogen) atoms. The molecule has 0 bridgehead atoms. The minimum atomic E-state index is -0.442. The number of likely N-dealkylation sites (N-methyl/N-ethyl adjacent to an activating group) is 1. The lowest BCUT2D eigenvalue weighted by atomic mass is 9.84. The van der Waals surface area contributed by atoms with Crippen LogP contribution in [-0.4, -0.2) is 34.4 Å². The Kier molecular flexibility index (Phi) is 4.92. The second-order valence-corrected chi connectivity index (χ2v) is 7.04. The Morgan fingerprint density at radius 3 is 2.33 bits per heavy atom. The molecule has 0 fully saturated rings. The van der Waals surface area contributed by atoms with E-state index in [2.05, 4.69) is 48.1 Å². The van der Waals surface area contributed by atoms with Crippen molar-refractivity contribution in [2.45, 2.75) is 40.0 Å². The van der Waals surface area contributed by atoms with Gasteiger partial charge in [0.1, 0.15) is 0 Å². The first-order chi connectivity index (χ1) is 11.1. The van der Waals surface area contributed by atoms with E-state index in [4.69, 9.17) is 0 Å². The first-order valence-corrected chi connectivity index (χ1v) is 8.02. The van der Waals surface area contributed by atoms with Crippen LogP contribution in [0.25, 0.3) is 0 Å². The van der Waals surface area contributed by atoms with Crippen LogP contribution in [0.15, 0.2) is 29.1 Å². The number of hydrogen-bond acceptors (Lipinski definition) is 3. The van der Waals surface area contributed by atoms with E-state index in [1.807, 2.05) is 6.92 Å². The number of amides is 1. The molecule has 1 N–H and O–H groups in total. The third kappa shape index (κ3) is 3.72. The first kappa shape index (κ1) is 17.9. The summed E-state index contributed by atoms with van der Waals surface area (Å²) in [5.74, 6) is -0.362. The molecule has 0 aliphatic heterocycles. The quantitative estimate of drug-likeness (QED) is 0.939. The van der Waals surface area contributed by atoms with Crippen molar-refractivity contribution in [2.24, 2.45) is 0 Å². The second-order valence-electron chi connectivity index (χ2n) is 7.04. The molecule has 5 heteroatoms. The molecule has 0 radical (unpaired) electrons. The monoisotopic (exact) mass is 327 g/mol. The zero-order chi connectivity index (χ0) is 18.1. The van der Waals surface area contributed by atoms with Crippen LogP contribution < -0.4 is 5.56 Å².